The first kappa shape index (κ1) is 14.8. The predicted molar refractivity (Wildman–Crippen MR) is 77.5 cm³/mol. The summed E-state index contributed by atoms with van der Waals surface area (Å²) >= 11 is 6.11. The van der Waals surface area contributed by atoms with E-state index in [1.165, 1.54) is 0 Å². The zero-order valence-electron chi connectivity index (χ0n) is 11.4. The number of nitrogens with zero attached hydrogens (tertiary/aromatic N) is 1. The van der Waals surface area contributed by atoms with Gasteiger partial charge in [0, 0.05) is 24.2 Å². The van der Waals surface area contributed by atoms with Crippen LogP contribution in [0.15, 0.2) is 24.3 Å². The highest BCUT2D eigenvalue weighted by molar-refractivity contribution is 6.31. The monoisotopic (exact) mass is 295 g/mol. The summed E-state index contributed by atoms with van der Waals surface area (Å²) in [6.45, 7) is 3.37. The molecule has 1 aliphatic heterocycles. The molecule has 5 nitrogen and oxygen atoms in total. The molecular weight excluding hydrogens is 278 g/mol. The van der Waals surface area contributed by atoms with Crippen molar-refractivity contribution in [2.45, 2.75) is 13.0 Å². The molecule has 20 heavy (non-hydrogen) atoms. The number of hydrogen-bond donors (Lipinski definition) is 2. The Morgan fingerprint density at radius 3 is 2.95 bits per heavy atom. The summed E-state index contributed by atoms with van der Waals surface area (Å²) in [6.07, 6.45) is 0. The number of nitrogens with one attached hydrogen (secondary N) is 2. The number of benzene rings is 1. The first-order valence-electron chi connectivity index (χ1n) is 6.60. The fourth-order valence-corrected chi connectivity index (χ4v) is 2.44. The second-order valence-corrected chi connectivity index (χ2v) is 5.20. The molecule has 2 N–H and O–H groups in total. The molecule has 0 spiro atoms. The van der Waals surface area contributed by atoms with E-state index in [0.29, 0.717) is 18.1 Å². The Kier molecular flexibility index (Phi) is 4.98. The average molecular weight is 296 g/mol. The molecule has 0 aliphatic carbocycles. The molecule has 0 aromatic heterocycles. The van der Waals surface area contributed by atoms with Crippen LogP contribution in [-0.4, -0.2) is 42.9 Å². The summed E-state index contributed by atoms with van der Waals surface area (Å²) in [4.78, 5) is 24.8. The molecular formula is C14H18ClN3O2. The van der Waals surface area contributed by atoms with Gasteiger partial charge in [-0.1, -0.05) is 29.8 Å². The van der Waals surface area contributed by atoms with Gasteiger partial charge in [-0.05, 0) is 18.6 Å². The number of piperazine rings is 1. The lowest BCUT2D eigenvalue weighted by Gasteiger charge is -2.27. The molecule has 0 bridgehead atoms. The normalized spacial score (nSPS) is 16.7. The quantitative estimate of drug-likeness (QED) is 0.869. The van der Waals surface area contributed by atoms with Crippen LogP contribution in [0, 0.1) is 0 Å². The number of halogens is 1. The van der Waals surface area contributed by atoms with Gasteiger partial charge in [0.05, 0.1) is 13.1 Å². The summed E-state index contributed by atoms with van der Waals surface area (Å²) in [5, 5.41) is 6.52. The van der Waals surface area contributed by atoms with Crippen molar-refractivity contribution in [3.8, 4) is 0 Å². The minimum absolute atomic E-state index is 0.0220. The number of carbonyl (C=O) groups excluding carboxylic acids is 2. The third-order valence-electron chi connectivity index (χ3n) is 3.32. The van der Waals surface area contributed by atoms with Crippen LogP contribution in [0.5, 0.6) is 0 Å². The van der Waals surface area contributed by atoms with Crippen LogP contribution in [0.25, 0.3) is 0 Å². The van der Waals surface area contributed by atoms with Crippen LogP contribution < -0.4 is 10.6 Å². The molecule has 0 unspecified atom stereocenters. The smallest absolute Gasteiger partial charge is 0.239 e. The minimum Gasteiger partial charge on any atom is -0.353 e. The Hall–Kier alpha value is -1.59. The second kappa shape index (κ2) is 6.72. The fraction of sp³-hybridized carbons (Fsp3) is 0.429. The SMILES string of the molecule is C[C@H](NCC(=O)N1CCNC(=O)C1)c1ccccc1Cl. The maximum Gasteiger partial charge on any atom is 0.239 e. The van der Waals surface area contributed by atoms with E-state index in [1.54, 1.807) is 4.90 Å². The Labute approximate surface area is 123 Å². The van der Waals surface area contributed by atoms with Crippen molar-refractivity contribution in [1.29, 1.82) is 0 Å². The molecule has 108 valence electrons. The van der Waals surface area contributed by atoms with Gasteiger partial charge in [-0.15, -0.1) is 0 Å². The molecule has 0 radical (unpaired) electrons. The molecule has 1 fully saturated rings. The fourth-order valence-electron chi connectivity index (χ4n) is 2.14. The van der Waals surface area contributed by atoms with Crippen LogP contribution in [0.2, 0.25) is 5.02 Å². The van der Waals surface area contributed by atoms with Gasteiger partial charge in [-0.25, -0.2) is 0 Å². The maximum atomic E-state index is 12.0. The Morgan fingerprint density at radius 2 is 2.25 bits per heavy atom. The minimum atomic E-state index is -0.108. The molecule has 1 saturated heterocycles. The van der Waals surface area contributed by atoms with Gasteiger partial charge in [-0.3, -0.25) is 9.59 Å². The van der Waals surface area contributed by atoms with E-state index in [-0.39, 0.29) is 30.9 Å². The van der Waals surface area contributed by atoms with Gasteiger partial charge in [0.2, 0.25) is 11.8 Å². The molecule has 1 heterocycles. The lowest BCUT2D eigenvalue weighted by molar-refractivity contribution is -0.137. The van der Waals surface area contributed by atoms with Gasteiger partial charge in [0.25, 0.3) is 0 Å². The molecule has 6 heteroatoms. The van der Waals surface area contributed by atoms with E-state index < -0.39 is 0 Å². The Bertz CT molecular complexity index is 507. The number of amides is 2. The first-order chi connectivity index (χ1) is 9.58. The average Bonchev–Trinajstić information content (AvgIpc) is 2.45. The van der Waals surface area contributed by atoms with E-state index in [0.717, 1.165) is 5.56 Å². The first-order valence-corrected chi connectivity index (χ1v) is 6.98. The van der Waals surface area contributed by atoms with Crippen LogP contribution in [-0.2, 0) is 9.59 Å². The molecule has 1 aliphatic rings. The van der Waals surface area contributed by atoms with Crippen LogP contribution in [0.1, 0.15) is 18.5 Å². The number of rotatable bonds is 4. The molecule has 2 rings (SSSR count). The lowest BCUT2D eigenvalue weighted by atomic mass is 10.1. The zero-order chi connectivity index (χ0) is 14.5. The van der Waals surface area contributed by atoms with E-state index in [9.17, 15) is 9.59 Å². The standard InChI is InChI=1S/C14H18ClN3O2/c1-10(11-4-2-3-5-12(11)15)17-8-14(20)18-7-6-16-13(19)9-18/h2-5,10,17H,6-9H2,1H3,(H,16,19)/t10-/m0/s1. The topological polar surface area (TPSA) is 61.4 Å². The van der Waals surface area contributed by atoms with Gasteiger partial charge < -0.3 is 15.5 Å². The number of carbonyl (C=O) groups is 2. The molecule has 2 amide bonds. The number of hydrogen-bond acceptors (Lipinski definition) is 3. The summed E-state index contributed by atoms with van der Waals surface area (Å²) in [5.41, 5.74) is 0.957. The third kappa shape index (κ3) is 3.71. The zero-order valence-corrected chi connectivity index (χ0v) is 12.1. The summed E-state index contributed by atoms with van der Waals surface area (Å²) in [6, 6.07) is 7.52. The van der Waals surface area contributed by atoms with Gasteiger partial charge in [0.1, 0.15) is 0 Å². The van der Waals surface area contributed by atoms with Crippen molar-refractivity contribution < 1.29 is 9.59 Å². The third-order valence-corrected chi connectivity index (χ3v) is 3.67. The lowest BCUT2D eigenvalue weighted by Crippen LogP contribution is -2.52. The predicted octanol–water partition coefficient (Wildman–Crippen LogP) is 0.949. The maximum absolute atomic E-state index is 12.0. The van der Waals surface area contributed by atoms with Crippen LogP contribution >= 0.6 is 11.6 Å². The second-order valence-electron chi connectivity index (χ2n) is 4.79. The van der Waals surface area contributed by atoms with Crippen molar-refractivity contribution in [3.05, 3.63) is 34.9 Å². The molecule has 0 saturated carbocycles. The van der Waals surface area contributed by atoms with Crippen molar-refractivity contribution in [2.75, 3.05) is 26.2 Å². The van der Waals surface area contributed by atoms with Gasteiger partial charge >= 0.3 is 0 Å². The largest absolute Gasteiger partial charge is 0.353 e. The molecule has 1 atom stereocenters. The highest BCUT2D eigenvalue weighted by Gasteiger charge is 2.21. The van der Waals surface area contributed by atoms with Crippen molar-refractivity contribution in [2.24, 2.45) is 0 Å². The van der Waals surface area contributed by atoms with E-state index in [2.05, 4.69) is 10.6 Å². The summed E-state index contributed by atoms with van der Waals surface area (Å²) in [5.74, 6) is -0.178. The van der Waals surface area contributed by atoms with Crippen molar-refractivity contribution >= 4 is 23.4 Å². The van der Waals surface area contributed by atoms with Crippen molar-refractivity contribution in [1.82, 2.24) is 15.5 Å². The highest BCUT2D eigenvalue weighted by atomic mass is 35.5. The molecule has 1 aromatic carbocycles. The van der Waals surface area contributed by atoms with Crippen LogP contribution in [0.4, 0.5) is 0 Å². The van der Waals surface area contributed by atoms with Crippen molar-refractivity contribution in [3.63, 3.8) is 0 Å². The van der Waals surface area contributed by atoms with E-state index >= 15 is 0 Å². The van der Waals surface area contributed by atoms with E-state index in [1.807, 2.05) is 31.2 Å². The summed E-state index contributed by atoms with van der Waals surface area (Å²) in [7, 11) is 0. The van der Waals surface area contributed by atoms with Crippen LogP contribution in [0.3, 0.4) is 0 Å². The van der Waals surface area contributed by atoms with Gasteiger partial charge in [-0.2, -0.15) is 0 Å². The Morgan fingerprint density at radius 1 is 1.50 bits per heavy atom. The Balaban J connectivity index is 1.87. The van der Waals surface area contributed by atoms with Gasteiger partial charge in [0.15, 0.2) is 0 Å². The highest BCUT2D eigenvalue weighted by Crippen LogP contribution is 2.21. The molecule has 1 aromatic rings. The summed E-state index contributed by atoms with van der Waals surface area (Å²) < 4.78 is 0. The van der Waals surface area contributed by atoms with E-state index in [4.69, 9.17) is 11.6 Å².